The second kappa shape index (κ2) is 12.7. The average Bonchev–Trinajstić information content (AvgIpc) is 3.64. The van der Waals surface area contributed by atoms with Crippen LogP contribution < -0.4 is 10.5 Å². The third kappa shape index (κ3) is 6.18. The fourth-order valence-electron chi connectivity index (χ4n) is 4.14. The van der Waals surface area contributed by atoms with Crippen molar-refractivity contribution in [1.82, 2.24) is 9.55 Å². The van der Waals surface area contributed by atoms with E-state index in [1.807, 2.05) is 51.7 Å². The van der Waals surface area contributed by atoms with E-state index >= 15 is 0 Å². The summed E-state index contributed by atoms with van der Waals surface area (Å²) in [6.45, 7) is 14.2. The van der Waals surface area contributed by atoms with E-state index in [-0.39, 0.29) is 29.4 Å². The van der Waals surface area contributed by atoms with Crippen molar-refractivity contribution in [1.29, 1.82) is 10.8 Å². The number of rotatable bonds is 2. The zero-order chi connectivity index (χ0) is 27.0. The van der Waals surface area contributed by atoms with Crippen molar-refractivity contribution in [2.24, 2.45) is 5.41 Å². The maximum Gasteiger partial charge on any atom is 0.230 e. The van der Waals surface area contributed by atoms with Gasteiger partial charge in [-0.3, -0.25) is 19.8 Å². The Kier molecular flexibility index (Phi) is 10.3. The first-order valence-electron chi connectivity index (χ1n) is 13.0. The Morgan fingerprint density at radius 3 is 2.28 bits per heavy atom. The summed E-state index contributed by atoms with van der Waals surface area (Å²) >= 11 is 0. The molecule has 0 spiro atoms. The minimum atomic E-state index is -0.389. The van der Waals surface area contributed by atoms with Gasteiger partial charge in [-0.05, 0) is 74.3 Å². The van der Waals surface area contributed by atoms with Crippen molar-refractivity contribution in [2.75, 3.05) is 18.1 Å². The lowest BCUT2D eigenvalue weighted by Crippen LogP contribution is -2.33. The number of hydrogen-bond acceptors (Lipinski definition) is 4. The van der Waals surface area contributed by atoms with Crippen LogP contribution in [0.4, 0.5) is 20.3 Å². The van der Waals surface area contributed by atoms with E-state index in [0.29, 0.717) is 16.7 Å². The highest BCUT2D eigenvalue weighted by atomic mass is 19.1. The molecule has 5 nitrogen and oxygen atoms in total. The average molecular weight is 498 g/mol. The molecule has 1 aliphatic heterocycles. The van der Waals surface area contributed by atoms with Crippen molar-refractivity contribution in [3.63, 3.8) is 0 Å². The molecule has 0 radical (unpaired) electrons. The minimum Gasteiger partial charge on any atom is -0.325 e. The van der Waals surface area contributed by atoms with Gasteiger partial charge in [0.2, 0.25) is 5.62 Å². The molecule has 1 aromatic heterocycles. The maximum absolute atomic E-state index is 14.8. The largest absolute Gasteiger partial charge is 0.325 e. The van der Waals surface area contributed by atoms with Crippen LogP contribution in [0.1, 0.15) is 71.9 Å². The number of nitrogens with zero attached hydrogens (tertiary/aromatic N) is 3. The Hall–Kier alpha value is -3.09. The number of hydrogen-bond donors (Lipinski definition) is 2. The number of aromatic nitrogens is 2. The van der Waals surface area contributed by atoms with Crippen molar-refractivity contribution in [2.45, 2.75) is 74.1 Å². The standard InChI is InChI=1S/C20H20FN5.C5H9F.2C2H6/c1-12-6-3-9-16-14(12)7-5-11-25(16)19-18-15(21)8-4-10-17(18)26(13(2)22)20(23)24-19;1-5(4-6)2-3-5;2*1-2/h3-4,6,8-10,22-23H,5,7,11H2,1-2H3;2-4H2,1H3;2*1-2H3. The smallest absolute Gasteiger partial charge is 0.230 e. The first-order valence-corrected chi connectivity index (χ1v) is 13.0. The normalized spacial score (nSPS) is 14.8. The summed E-state index contributed by atoms with van der Waals surface area (Å²) < 4.78 is 27.7. The van der Waals surface area contributed by atoms with Crippen molar-refractivity contribution in [3.8, 4) is 0 Å². The van der Waals surface area contributed by atoms with Crippen LogP contribution in [0.3, 0.4) is 0 Å². The molecule has 0 saturated heterocycles. The number of halogens is 2. The second-order valence-corrected chi connectivity index (χ2v) is 9.09. The van der Waals surface area contributed by atoms with Crippen molar-refractivity contribution < 1.29 is 8.78 Å². The van der Waals surface area contributed by atoms with Gasteiger partial charge in [-0.2, -0.15) is 4.98 Å². The molecule has 1 aliphatic carbocycles. The van der Waals surface area contributed by atoms with Crippen LogP contribution in [0.5, 0.6) is 0 Å². The van der Waals surface area contributed by atoms with Gasteiger partial charge in [-0.25, -0.2) is 4.39 Å². The van der Waals surface area contributed by atoms with Gasteiger partial charge < -0.3 is 4.90 Å². The molecule has 0 bridgehead atoms. The van der Waals surface area contributed by atoms with E-state index in [4.69, 9.17) is 10.8 Å². The third-order valence-corrected chi connectivity index (χ3v) is 6.38. The Balaban J connectivity index is 0.000000390. The lowest BCUT2D eigenvalue weighted by molar-refractivity contribution is 0.366. The zero-order valence-electron chi connectivity index (χ0n) is 22.8. The summed E-state index contributed by atoms with van der Waals surface area (Å²) in [5.74, 6) is 0.200. The summed E-state index contributed by atoms with van der Waals surface area (Å²) in [4.78, 5) is 6.42. The monoisotopic (exact) mass is 497 g/mol. The number of anilines is 2. The van der Waals surface area contributed by atoms with Crippen LogP contribution >= 0.6 is 0 Å². The highest BCUT2D eigenvalue weighted by Gasteiger charge is 2.36. The fraction of sp³-hybridized carbons (Fsp3) is 0.483. The predicted octanol–water partition coefficient (Wildman–Crippen LogP) is 7.70. The summed E-state index contributed by atoms with van der Waals surface area (Å²) in [5, 5.41) is 16.6. The molecule has 0 unspecified atom stereocenters. The summed E-state index contributed by atoms with van der Waals surface area (Å²) in [6.07, 6.45) is 4.13. The van der Waals surface area contributed by atoms with Crippen LogP contribution in [0.15, 0.2) is 36.4 Å². The van der Waals surface area contributed by atoms with E-state index in [1.54, 1.807) is 19.1 Å². The highest BCUT2D eigenvalue weighted by molar-refractivity contribution is 5.98. The van der Waals surface area contributed by atoms with Crippen LogP contribution in [0.2, 0.25) is 0 Å². The SMILES string of the molecule is CC.CC.CC(=N)n1c(=N)nc(N2CCCc3c(C)cccc32)c2c(F)cccc21.CC1(CF)CC1. The van der Waals surface area contributed by atoms with E-state index in [2.05, 4.69) is 18.0 Å². The number of benzene rings is 2. The van der Waals surface area contributed by atoms with E-state index in [9.17, 15) is 8.78 Å². The van der Waals surface area contributed by atoms with Gasteiger partial charge in [0.15, 0.2) is 0 Å². The Bertz CT molecular complexity index is 1240. The zero-order valence-corrected chi connectivity index (χ0v) is 22.8. The molecule has 7 heteroatoms. The third-order valence-electron chi connectivity index (χ3n) is 6.38. The van der Waals surface area contributed by atoms with Crippen molar-refractivity contribution >= 4 is 28.2 Å². The molecular formula is C29H41F2N5. The van der Waals surface area contributed by atoms with E-state index in [1.165, 1.54) is 21.8 Å². The fourth-order valence-corrected chi connectivity index (χ4v) is 4.14. The van der Waals surface area contributed by atoms with Gasteiger partial charge in [0.05, 0.1) is 17.6 Å². The van der Waals surface area contributed by atoms with Crippen LogP contribution in [-0.2, 0) is 6.42 Å². The molecule has 2 aromatic carbocycles. The molecule has 0 atom stereocenters. The molecular weight excluding hydrogens is 456 g/mol. The van der Waals surface area contributed by atoms with Gasteiger partial charge in [0.25, 0.3) is 0 Å². The van der Waals surface area contributed by atoms with Gasteiger partial charge in [0, 0.05) is 12.2 Å². The molecule has 3 aromatic rings. The van der Waals surface area contributed by atoms with Gasteiger partial charge in [-0.15, -0.1) is 0 Å². The molecule has 36 heavy (non-hydrogen) atoms. The van der Waals surface area contributed by atoms with Crippen LogP contribution in [0, 0.1) is 29.0 Å². The van der Waals surface area contributed by atoms with E-state index < -0.39 is 0 Å². The van der Waals surface area contributed by atoms with Crippen LogP contribution in [0.25, 0.3) is 10.9 Å². The number of alkyl halides is 1. The molecule has 2 N–H and O–H groups in total. The predicted molar refractivity (Wildman–Crippen MR) is 147 cm³/mol. The molecule has 1 saturated carbocycles. The molecule has 0 amide bonds. The summed E-state index contributed by atoms with van der Waals surface area (Å²) in [5.41, 5.74) is 4.04. The maximum atomic E-state index is 14.8. The van der Waals surface area contributed by atoms with E-state index in [0.717, 1.165) is 37.9 Å². The van der Waals surface area contributed by atoms with Gasteiger partial charge in [0.1, 0.15) is 17.5 Å². The number of aryl methyl sites for hydroxylation is 1. The van der Waals surface area contributed by atoms with Crippen LogP contribution in [-0.4, -0.2) is 28.6 Å². The van der Waals surface area contributed by atoms with Gasteiger partial charge >= 0.3 is 0 Å². The summed E-state index contributed by atoms with van der Waals surface area (Å²) in [6, 6.07) is 10.9. The Morgan fingerprint density at radius 2 is 1.72 bits per heavy atom. The highest BCUT2D eigenvalue weighted by Crippen LogP contribution is 2.44. The second-order valence-electron chi connectivity index (χ2n) is 9.09. The molecule has 196 valence electrons. The first kappa shape index (κ1) is 29.1. The Morgan fingerprint density at radius 1 is 1.08 bits per heavy atom. The topological polar surface area (TPSA) is 68.8 Å². The molecule has 2 heterocycles. The molecule has 1 fully saturated rings. The number of fused-ring (bicyclic) bond motifs is 2. The molecule has 5 rings (SSSR count). The lowest BCUT2D eigenvalue weighted by atomic mass is 9.97. The number of nitrogens with one attached hydrogen (secondary N) is 2. The Labute approximate surface area is 214 Å². The summed E-state index contributed by atoms with van der Waals surface area (Å²) in [7, 11) is 0. The first-order chi connectivity index (χ1) is 17.3. The quantitative estimate of drug-likeness (QED) is 0.281. The van der Waals surface area contributed by atoms with Crippen molar-refractivity contribution in [3.05, 3.63) is 59.0 Å². The van der Waals surface area contributed by atoms with Gasteiger partial charge in [-0.1, -0.05) is 52.8 Å². The minimum absolute atomic E-state index is 0.0645. The lowest BCUT2D eigenvalue weighted by Gasteiger charge is -2.32. The molecule has 2 aliphatic rings.